The zero-order valence-electron chi connectivity index (χ0n) is 12.0. The molecule has 3 N–H and O–H groups in total. The average molecular weight is 285 g/mol. The lowest BCUT2D eigenvalue weighted by Crippen LogP contribution is -2.29. The van der Waals surface area contributed by atoms with Crippen LogP contribution in [0, 0.1) is 0 Å². The van der Waals surface area contributed by atoms with E-state index in [1.54, 1.807) is 19.1 Å². The lowest BCUT2D eigenvalue weighted by molar-refractivity contribution is 0.583. The molecule has 5 nitrogen and oxygen atoms in total. The fourth-order valence-electron chi connectivity index (χ4n) is 1.78. The van der Waals surface area contributed by atoms with E-state index in [1.165, 1.54) is 6.07 Å². The summed E-state index contributed by atoms with van der Waals surface area (Å²) in [5.41, 5.74) is 7.27. The zero-order chi connectivity index (χ0) is 14.6. The minimum atomic E-state index is -3.45. The van der Waals surface area contributed by atoms with Crippen LogP contribution in [-0.4, -0.2) is 28.1 Å². The van der Waals surface area contributed by atoms with Crippen LogP contribution in [0.3, 0.4) is 0 Å². The van der Waals surface area contributed by atoms with Gasteiger partial charge in [0, 0.05) is 19.6 Å². The first-order chi connectivity index (χ1) is 8.83. The summed E-state index contributed by atoms with van der Waals surface area (Å²) in [6.45, 7) is 6.27. The normalized spacial score (nSPS) is 13.3. The van der Waals surface area contributed by atoms with Gasteiger partial charge in [-0.2, -0.15) is 0 Å². The van der Waals surface area contributed by atoms with E-state index in [1.807, 2.05) is 11.9 Å². The second-order valence-electron chi connectivity index (χ2n) is 4.59. The van der Waals surface area contributed by atoms with Gasteiger partial charge < -0.3 is 10.6 Å². The molecule has 1 atom stereocenters. The van der Waals surface area contributed by atoms with E-state index in [0.717, 1.165) is 12.1 Å². The highest BCUT2D eigenvalue weighted by molar-refractivity contribution is 7.89. The molecule has 0 bridgehead atoms. The molecule has 0 amide bonds. The van der Waals surface area contributed by atoms with Gasteiger partial charge in [0.15, 0.2) is 0 Å². The first-order valence-electron chi connectivity index (χ1n) is 6.45. The molecular formula is C13H23N3O2S. The summed E-state index contributed by atoms with van der Waals surface area (Å²) in [5, 5.41) is 0. The summed E-state index contributed by atoms with van der Waals surface area (Å²) in [6, 6.07) is 5.08. The molecular weight excluding hydrogens is 262 g/mol. The van der Waals surface area contributed by atoms with Gasteiger partial charge in [-0.3, -0.25) is 0 Å². The van der Waals surface area contributed by atoms with Crippen LogP contribution < -0.4 is 15.4 Å². The third-order valence-electron chi connectivity index (χ3n) is 3.28. The first kappa shape index (κ1) is 15.8. The van der Waals surface area contributed by atoms with E-state index in [0.29, 0.717) is 18.3 Å². The van der Waals surface area contributed by atoms with Gasteiger partial charge in [0.25, 0.3) is 0 Å². The van der Waals surface area contributed by atoms with Crippen LogP contribution in [0.1, 0.15) is 27.2 Å². The van der Waals surface area contributed by atoms with Crippen LogP contribution in [0.5, 0.6) is 0 Å². The van der Waals surface area contributed by atoms with Crippen LogP contribution in [0.4, 0.5) is 11.4 Å². The van der Waals surface area contributed by atoms with E-state index in [4.69, 9.17) is 5.73 Å². The number of anilines is 2. The fraction of sp³-hybridized carbons (Fsp3) is 0.538. The molecule has 0 saturated heterocycles. The number of sulfonamides is 1. The van der Waals surface area contributed by atoms with E-state index >= 15 is 0 Å². The Morgan fingerprint density at radius 1 is 1.37 bits per heavy atom. The van der Waals surface area contributed by atoms with Crippen molar-refractivity contribution in [1.82, 2.24) is 4.72 Å². The molecule has 1 unspecified atom stereocenters. The molecule has 0 aliphatic carbocycles. The number of nitrogens with one attached hydrogen (secondary N) is 1. The molecule has 108 valence electrons. The number of nitrogen functional groups attached to an aromatic ring is 1. The van der Waals surface area contributed by atoms with Crippen LogP contribution in [-0.2, 0) is 10.0 Å². The monoisotopic (exact) mass is 285 g/mol. The Kier molecular flexibility index (Phi) is 5.20. The minimum Gasteiger partial charge on any atom is -0.397 e. The molecule has 0 heterocycles. The van der Waals surface area contributed by atoms with Crippen molar-refractivity contribution in [3.63, 3.8) is 0 Å². The standard InChI is InChI=1S/C13H23N3O2S/c1-5-10(3)16(4)13-9-11(7-8-12(13)14)19(17,18)15-6-2/h7-10,15H,5-6,14H2,1-4H3. The highest BCUT2D eigenvalue weighted by atomic mass is 32.2. The third-order valence-corrected chi connectivity index (χ3v) is 4.82. The van der Waals surface area contributed by atoms with Gasteiger partial charge in [0.05, 0.1) is 16.3 Å². The van der Waals surface area contributed by atoms with Crippen molar-refractivity contribution in [2.24, 2.45) is 0 Å². The Morgan fingerprint density at radius 2 is 2.00 bits per heavy atom. The molecule has 0 fully saturated rings. The first-order valence-corrected chi connectivity index (χ1v) is 7.93. The highest BCUT2D eigenvalue weighted by Crippen LogP contribution is 2.27. The van der Waals surface area contributed by atoms with Gasteiger partial charge in [-0.25, -0.2) is 13.1 Å². The van der Waals surface area contributed by atoms with E-state index < -0.39 is 10.0 Å². The second-order valence-corrected chi connectivity index (χ2v) is 6.36. The summed E-state index contributed by atoms with van der Waals surface area (Å²) in [7, 11) is -1.53. The molecule has 6 heteroatoms. The van der Waals surface area contributed by atoms with Gasteiger partial charge in [-0.15, -0.1) is 0 Å². The van der Waals surface area contributed by atoms with Crippen molar-refractivity contribution in [2.45, 2.75) is 38.1 Å². The predicted molar refractivity (Wildman–Crippen MR) is 79.9 cm³/mol. The highest BCUT2D eigenvalue weighted by Gasteiger charge is 2.17. The number of hydrogen-bond donors (Lipinski definition) is 2. The Balaban J connectivity index is 3.21. The molecule has 1 aromatic carbocycles. The molecule has 0 aliphatic heterocycles. The summed E-state index contributed by atoms with van der Waals surface area (Å²) in [5.74, 6) is 0. The Labute approximate surface area is 115 Å². The van der Waals surface area contributed by atoms with Crippen molar-refractivity contribution in [3.05, 3.63) is 18.2 Å². The van der Waals surface area contributed by atoms with Gasteiger partial charge in [0.2, 0.25) is 10.0 Å². The van der Waals surface area contributed by atoms with Crippen molar-refractivity contribution in [2.75, 3.05) is 24.2 Å². The number of benzene rings is 1. The lowest BCUT2D eigenvalue weighted by atomic mass is 10.2. The molecule has 0 aliphatic rings. The smallest absolute Gasteiger partial charge is 0.240 e. The summed E-state index contributed by atoms with van der Waals surface area (Å²) in [6.07, 6.45) is 0.958. The maximum atomic E-state index is 12.0. The lowest BCUT2D eigenvalue weighted by Gasteiger charge is -2.27. The van der Waals surface area contributed by atoms with Crippen molar-refractivity contribution in [1.29, 1.82) is 0 Å². The number of hydrogen-bond acceptors (Lipinski definition) is 4. The van der Waals surface area contributed by atoms with E-state index in [9.17, 15) is 8.42 Å². The van der Waals surface area contributed by atoms with Crippen LogP contribution in [0.25, 0.3) is 0 Å². The maximum Gasteiger partial charge on any atom is 0.240 e. The van der Waals surface area contributed by atoms with Gasteiger partial charge in [0.1, 0.15) is 0 Å². The average Bonchev–Trinajstić information content (AvgIpc) is 2.37. The topological polar surface area (TPSA) is 75.4 Å². The van der Waals surface area contributed by atoms with Crippen LogP contribution >= 0.6 is 0 Å². The molecule has 1 rings (SSSR count). The zero-order valence-corrected chi connectivity index (χ0v) is 12.8. The summed E-state index contributed by atoms with van der Waals surface area (Å²) >= 11 is 0. The Bertz CT molecular complexity index is 529. The maximum absolute atomic E-state index is 12.0. The number of nitrogens with zero attached hydrogens (tertiary/aromatic N) is 1. The van der Waals surface area contributed by atoms with Crippen molar-refractivity contribution in [3.8, 4) is 0 Å². The quantitative estimate of drug-likeness (QED) is 0.782. The van der Waals surface area contributed by atoms with Crippen LogP contribution in [0.15, 0.2) is 23.1 Å². The van der Waals surface area contributed by atoms with Gasteiger partial charge in [-0.1, -0.05) is 13.8 Å². The largest absolute Gasteiger partial charge is 0.397 e. The molecule has 0 saturated carbocycles. The van der Waals surface area contributed by atoms with Crippen molar-refractivity contribution < 1.29 is 8.42 Å². The SMILES string of the molecule is CCNS(=O)(=O)c1ccc(N)c(N(C)C(C)CC)c1. The number of nitrogens with two attached hydrogens (primary N) is 1. The van der Waals surface area contributed by atoms with Crippen LogP contribution in [0.2, 0.25) is 0 Å². The number of rotatable bonds is 6. The summed E-state index contributed by atoms with van der Waals surface area (Å²) in [4.78, 5) is 2.24. The van der Waals surface area contributed by atoms with E-state index in [2.05, 4.69) is 18.6 Å². The molecule has 1 aromatic rings. The fourth-order valence-corrected chi connectivity index (χ4v) is 2.84. The predicted octanol–water partition coefficient (Wildman–Crippen LogP) is 1.80. The summed E-state index contributed by atoms with van der Waals surface area (Å²) < 4.78 is 26.5. The molecule has 0 spiro atoms. The van der Waals surface area contributed by atoms with Crippen molar-refractivity contribution >= 4 is 21.4 Å². The Hall–Kier alpha value is -1.27. The molecule has 19 heavy (non-hydrogen) atoms. The second kappa shape index (κ2) is 6.25. The Morgan fingerprint density at radius 3 is 2.53 bits per heavy atom. The van der Waals surface area contributed by atoms with E-state index in [-0.39, 0.29) is 4.90 Å². The van der Waals surface area contributed by atoms with Gasteiger partial charge >= 0.3 is 0 Å². The third kappa shape index (κ3) is 3.61. The molecule has 0 aromatic heterocycles. The molecule has 0 radical (unpaired) electrons. The van der Waals surface area contributed by atoms with Gasteiger partial charge in [-0.05, 0) is 31.5 Å². The minimum absolute atomic E-state index is 0.244.